The summed E-state index contributed by atoms with van der Waals surface area (Å²) in [5.41, 5.74) is 4.60. The number of pyridine rings is 1. The highest BCUT2D eigenvalue weighted by atomic mass is 16.5. The lowest BCUT2D eigenvalue weighted by Gasteiger charge is -2.06. The number of carboxylic acids is 1. The molecule has 0 saturated heterocycles. The second kappa shape index (κ2) is 6.64. The van der Waals surface area contributed by atoms with E-state index in [-0.39, 0.29) is 5.69 Å². The molecular formula is C21H18N2O4. The third-order valence-corrected chi connectivity index (χ3v) is 4.63. The number of nitrogens with zero attached hydrogens (tertiary/aromatic N) is 1. The number of aromatic nitrogens is 2. The van der Waals surface area contributed by atoms with Crippen molar-refractivity contribution in [1.82, 2.24) is 9.97 Å². The predicted octanol–water partition coefficient (Wildman–Crippen LogP) is 4.43. The Hall–Kier alpha value is -3.54. The first-order valence-corrected chi connectivity index (χ1v) is 8.49. The van der Waals surface area contributed by atoms with E-state index in [1.165, 1.54) is 6.07 Å². The van der Waals surface area contributed by atoms with Crippen LogP contribution in [0.4, 0.5) is 0 Å². The number of benzene rings is 1. The maximum atomic E-state index is 11.2. The second-order valence-electron chi connectivity index (χ2n) is 6.28. The zero-order chi connectivity index (χ0) is 19.0. The molecule has 2 N–H and O–H groups in total. The van der Waals surface area contributed by atoms with Gasteiger partial charge in [0.1, 0.15) is 17.2 Å². The molecule has 6 heteroatoms. The summed E-state index contributed by atoms with van der Waals surface area (Å²) >= 11 is 0. The van der Waals surface area contributed by atoms with Crippen molar-refractivity contribution < 1.29 is 19.1 Å². The third kappa shape index (κ3) is 3.06. The number of hydrogen-bond acceptors (Lipinski definition) is 4. The summed E-state index contributed by atoms with van der Waals surface area (Å²) < 4.78 is 10.8. The number of hydrogen-bond donors (Lipinski definition) is 2. The number of fused-ring (bicyclic) bond motifs is 1. The van der Waals surface area contributed by atoms with Gasteiger partial charge in [0, 0.05) is 34.6 Å². The molecule has 0 bridgehead atoms. The molecule has 4 aromatic rings. The van der Waals surface area contributed by atoms with E-state index in [0.717, 1.165) is 39.2 Å². The minimum atomic E-state index is -1.04. The van der Waals surface area contributed by atoms with Gasteiger partial charge in [-0.05, 0) is 42.8 Å². The molecule has 136 valence electrons. The third-order valence-electron chi connectivity index (χ3n) is 4.63. The first-order chi connectivity index (χ1) is 13.1. The number of aromatic amines is 1. The van der Waals surface area contributed by atoms with Crippen molar-refractivity contribution in [3.63, 3.8) is 0 Å². The van der Waals surface area contributed by atoms with Gasteiger partial charge in [0.2, 0.25) is 0 Å². The van der Waals surface area contributed by atoms with Crippen LogP contribution in [-0.2, 0) is 6.42 Å². The van der Waals surface area contributed by atoms with E-state index in [2.05, 4.69) is 9.97 Å². The van der Waals surface area contributed by atoms with E-state index in [1.807, 2.05) is 37.3 Å². The first kappa shape index (κ1) is 16.9. The van der Waals surface area contributed by atoms with Crippen molar-refractivity contribution in [3.8, 4) is 17.0 Å². The molecule has 0 aliphatic rings. The largest absolute Gasteiger partial charge is 0.497 e. The van der Waals surface area contributed by atoms with Gasteiger partial charge in [-0.15, -0.1) is 0 Å². The first-order valence-electron chi connectivity index (χ1n) is 8.49. The van der Waals surface area contributed by atoms with Gasteiger partial charge in [0.05, 0.1) is 19.1 Å². The fraction of sp³-hybridized carbons (Fsp3) is 0.143. The topological polar surface area (TPSA) is 88.3 Å². The number of aryl methyl sites for hydroxylation is 1. The minimum Gasteiger partial charge on any atom is -0.497 e. The molecule has 0 unspecified atom stereocenters. The number of nitrogens with one attached hydrogen (secondary N) is 1. The van der Waals surface area contributed by atoms with Crippen LogP contribution in [0.15, 0.2) is 53.1 Å². The molecule has 1 aromatic carbocycles. The Bertz CT molecular complexity index is 1140. The smallest absolute Gasteiger partial charge is 0.354 e. The monoisotopic (exact) mass is 362 g/mol. The number of carbonyl (C=O) groups is 1. The second-order valence-corrected chi connectivity index (χ2v) is 6.28. The van der Waals surface area contributed by atoms with Crippen LogP contribution in [0, 0.1) is 6.92 Å². The number of H-pyrrole nitrogens is 1. The van der Waals surface area contributed by atoms with E-state index in [9.17, 15) is 9.90 Å². The normalized spacial score (nSPS) is 11.0. The van der Waals surface area contributed by atoms with Crippen molar-refractivity contribution in [2.45, 2.75) is 13.3 Å². The van der Waals surface area contributed by atoms with Crippen LogP contribution < -0.4 is 4.74 Å². The summed E-state index contributed by atoms with van der Waals surface area (Å²) in [6.45, 7) is 1.91. The molecule has 0 fully saturated rings. The van der Waals surface area contributed by atoms with E-state index in [1.54, 1.807) is 19.4 Å². The Morgan fingerprint density at radius 1 is 1.26 bits per heavy atom. The predicted molar refractivity (Wildman–Crippen MR) is 101 cm³/mol. The highest BCUT2D eigenvalue weighted by Crippen LogP contribution is 2.35. The van der Waals surface area contributed by atoms with Crippen molar-refractivity contribution in [2.24, 2.45) is 0 Å². The summed E-state index contributed by atoms with van der Waals surface area (Å²) in [5, 5.41) is 10.2. The molecule has 3 heterocycles. The van der Waals surface area contributed by atoms with E-state index in [4.69, 9.17) is 9.15 Å². The molecule has 0 amide bonds. The molecule has 0 radical (unpaired) electrons. The average Bonchev–Trinajstić information content (AvgIpc) is 3.24. The van der Waals surface area contributed by atoms with Gasteiger partial charge in [-0.3, -0.25) is 0 Å². The Morgan fingerprint density at radius 3 is 2.81 bits per heavy atom. The fourth-order valence-corrected chi connectivity index (χ4v) is 3.30. The van der Waals surface area contributed by atoms with Gasteiger partial charge in [-0.2, -0.15) is 0 Å². The molecule has 0 aliphatic carbocycles. The van der Waals surface area contributed by atoms with Crippen molar-refractivity contribution in [2.75, 3.05) is 7.11 Å². The highest BCUT2D eigenvalue weighted by Gasteiger charge is 2.18. The maximum Gasteiger partial charge on any atom is 0.354 e. The van der Waals surface area contributed by atoms with E-state index in [0.29, 0.717) is 12.1 Å². The zero-order valence-electron chi connectivity index (χ0n) is 14.9. The van der Waals surface area contributed by atoms with Crippen molar-refractivity contribution in [1.29, 1.82) is 0 Å². The highest BCUT2D eigenvalue weighted by molar-refractivity contribution is 5.92. The zero-order valence-corrected chi connectivity index (χ0v) is 14.9. The van der Waals surface area contributed by atoms with Crippen LogP contribution in [0.5, 0.6) is 5.75 Å². The van der Waals surface area contributed by atoms with Gasteiger partial charge in [-0.25, -0.2) is 9.78 Å². The standard InChI is InChI=1S/C21H18N2O4/c1-12-15(8-9-27-12)20-17(10-13-4-3-5-18(22-13)21(24)25)16-7-6-14(26-2)11-19(16)23-20/h3-9,11,23H,10H2,1-2H3,(H,24,25). The quantitative estimate of drug-likeness (QED) is 0.548. The van der Waals surface area contributed by atoms with Gasteiger partial charge >= 0.3 is 5.97 Å². The molecular weight excluding hydrogens is 344 g/mol. The number of furan rings is 1. The van der Waals surface area contributed by atoms with Gasteiger partial charge in [0.25, 0.3) is 0 Å². The summed E-state index contributed by atoms with van der Waals surface area (Å²) in [6, 6.07) is 12.8. The van der Waals surface area contributed by atoms with Crippen LogP contribution in [0.3, 0.4) is 0 Å². The van der Waals surface area contributed by atoms with Gasteiger partial charge in [0.15, 0.2) is 0 Å². The number of carboxylic acid groups (broad SMARTS) is 1. The Balaban J connectivity index is 1.88. The lowest BCUT2D eigenvalue weighted by molar-refractivity contribution is 0.0690. The van der Waals surface area contributed by atoms with Crippen molar-refractivity contribution >= 4 is 16.9 Å². The van der Waals surface area contributed by atoms with E-state index < -0.39 is 5.97 Å². The molecule has 3 aromatic heterocycles. The lowest BCUT2D eigenvalue weighted by atomic mass is 10.0. The molecule has 0 spiro atoms. The summed E-state index contributed by atoms with van der Waals surface area (Å²) in [5.74, 6) is 0.533. The van der Waals surface area contributed by atoms with Crippen LogP contribution in [-0.4, -0.2) is 28.2 Å². The molecule has 0 saturated carbocycles. The van der Waals surface area contributed by atoms with Crippen molar-refractivity contribution in [3.05, 3.63) is 71.4 Å². The molecule has 6 nitrogen and oxygen atoms in total. The van der Waals surface area contributed by atoms with E-state index >= 15 is 0 Å². The van der Waals surface area contributed by atoms with Gasteiger partial charge < -0.3 is 19.2 Å². The molecule has 27 heavy (non-hydrogen) atoms. The Kier molecular flexibility index (Phi) is 4.16. The summed E-state index contributed by atoms with van der Waals surface area (Å²) in [7, 11) is 1.63. The number of methoxy groups -OCH3 is 1. The lowest BCUT2D eigenvalue weighted by Crippen LogP contribution is -2.03. The van der Waals surface area contributed by atoms with Gasteiger partial charge in [-0.1, -0.05) is 6.07 Å². The Labute approximate surface area is 155 Å². The fourth-order valence-electron chi connectivity index (χ4n) is 3.30. The summed E-state index contributed by atoms with van der Waals surface area (Å²) in [6.07, 6.45) is 2.15. The van der Waals surface area contributed by atoms with Crippen LogP contribution in [0.2, 0.25) is 0 Å². The summed E-state index contributed by atoms with van der Waals surface area (Å²) in [4.78, 5) is 19.0. The van der Waals surface area contributed by atoms with Crippen LogP contribution >= 0.6 is 0 Å². The SMILES string of the molecule is COc1ccc2c(Cc3cccc(C(=O)O)n3)c(-c3ccoc3C)[nH]c2c1. The Morgan fingerprint density at radius 2 is 2.11 bits per heavy atom. The molecule has 0 atom stereocenters. The number of rotatable bonds is 5. The number of aromatic carboxylic acids is 1. The minimum absolute atomic E-state index is 0.0371. The molecule has 4 rings (SSSR count). The molecule has 0 aliphatic heterocycles. The number of ether oxygens (including phenoxy) is 1. The maximum absolute atomic E-state index is 11.2. The van der Waals surface area contributed by atoms with Crippen LogP contribution in [0.1, 0.15) is 27.5 Å². The van der Waals surface area contributed by atoms with Crippen LogP contribution in [0.25, 0.3) is 22.2 Å². The average molecular weight is 362 g/mol.